The van der Waals surface area contributed by atoms with Gasteiger partial charge in [-0.25, -0.2) is 0 Å². The van der Waals surface area contributed by atoms with Gasteiger partial charge >= 0.3 is 5.97 Å². The normalized spacial score (nSPS) is 14.6. The monoisotopic (exact) mass is 422 g/mol. The van der Waals surface area contributed by atoms with Crippen molar-refractivity contribution in [2.24, 2.45) is 0 Å². The summed E-state index contributed by atoms with van der Waals surface area (Å²) in [6, 6.07) is 1.72. The molecule has 0 aliphatic rings. The Kier molecular flexibility index (Phi) is 11.6. The van der Waals surface area contributed by atoms with E-state index < -0.39 is 15.5 Å². The Morgan fingerprint density at radius 1 is 0.885 bits per heavy atom. The molecule has 0 spiro atoms. The fourth-order valence-corrected chi connectivity index (χ4v) is 14.9. The predicted octanol–water partition coefficient (Wildman–Crippen LogP) is 5.99. The smallest absolute Gasteiger partial charge is 0.316 e. The van der Waals surface area contributed by atoms with E-state index in [4.69, 9.17) is 4.74 Å². The van der Waals surface area contributed by atoms with Crippen molar-refractivity contribution in [2.45, 2.75) is 111 Å². The van der Waals surface area contributed by atoms with Crippen LogP contribution in [0.15, 0.2) is 0 Å². The number of nitrogens with zero attached hydrogens (tertiary/aromatic N) is 2. The van der Waals surface area contributed by atoms with Crippen molar-refractivity contribution in [1.82, 2.24) is 9.34 Å². The molecule has 26 heavy (non-hydrogen) atoms. The van der Waals surface area contributed by atoms with E-state index in [0.717, 1.165) is 0 Å². The van der Waals surface area contributed by atoms with Gasteiger partial charge in [0.1, 0.15) is 12.3 Å². The average Bonchev–Trinajstić information content (AvgIpc) is 2.41. The molecule has 0 aliphatic carbocycles. The molecule has 0 aliphatic heterocycles. The highest BCUT2D eigenvalue weighted by atomic mass is 32.7. The SMILES string of the molecule is CCOC(=O)C(SP(N(C(C)C)C(C)C)N(C(C)C)C(C)C)[Si](C)(C)C. The maximum absolute atomic E-state index is 12.8. The summed E-state index contributed by atoms with van der Waals surface area (Å²) in [6.07, 6.45) is 0. The summed E-state index contributed by atoms with van der Waals surface area (Å²) in [4.78, 5) is 12.8. The van der Waals surface area contributed by atoms with Crippen molar-refractivity contribution >= 4 is 32.8 Å². The van der Waals surface area contributed by atoms with E-state index in [-0.39, 0.29) is 10.8 Å². The third kappa shape index (κ3) is 7.79. The summed E-state index contributed by atoms with van der Waals surface area (Å²) in [5.74, 6) is -0.0240. The van der Waals surface area contributed by atoms with Gasteiger partial charge in [-0.05, 0) is 62.3 Å². The Morgan fingerprint density at radius 3 is 1.46 bits per heavy atom. The molecule has 0 bridgehead atoms. The van der Waals surface area contributed by atoms with Crippen LogP contribution < -0.4 is 0 Å². The van der Waals surface area contributed by atoms with Gasteiger partial charge in [-0.1, -0.05) is 31.0 Å². The fourth-order valence-electron chi connectivity index (χ4n) is 3.08. The second-order valence-electron chi connectivity index (χ2n) is 8.99. The second kappa shape index (κ2) is 11.4. The number of ether oxygens (including phenoxy) is 1. The van der Waals surface area contributed by atoms with Crippen molar-refractivity contribution in [3.05, 3.63) is 0 Å². The number of carbonyl (C=O) groups is 1. The maximum atomic E-state index is 12.8. The van der Waals surface area contributed by atoms with Crippen molar-refractivity contribution in [1.29, 1.82) is 0 Å². The minimum atomic E-state index is -1.73. The van der Waals surface area contributed by atoms with Crippen molar-refractivity contribution in [3.8, 4) is 0 Å². The lowest BCUT2D eigenvalue weighted by Crippen LogP contribution is -2.46. The van der Waals surface area contributed by atoms with Crippen molar-refractivity contribution in [2.75, 3.05) is 6.61 Å². The molecule has 4 nitrogen and oxygen atoms in total. The first-order chi connectivity index (χ1) is 11.8. The Balaban J connectivity index is 6.07. The molecule has 0 aromatic heterocycles. The van der Waals surface area contributed by atoms with Gasteiger partial charge in [-0.3, -0.25) is 14.1 Å². The highest BCUT2D eigenvalue weighted by Crippen LogP contribution is 2.62. The minimum Gasteiger partial charge on any atom is -0.465 e. The quantitative estimate of drug-likeness (QED) is 0.232. The topological polar surface area (TPSA) is 32.8 Å². The van der Waals surface area contributed by atoms with E-state index in [1.807, 2.05) is 18.3 Å². The van der Waals surface area contributed by atoms with Crippen LogP contribution >= 0.6 is 18.8 Å². The van der Waals surface area contributed by atoms with E-state index >= 15 is 0 Å². The van der Waals surface area contributed by atoms with Crippen molar-refractivity contribution < 1.29 is 9.53 Å². The van der Waals surface area contributed by atoms with Crippen LogP contribution in [-0.4, -0.2) is 59.0 Å². The predicted molar refractivity (Wildman–Crippen MR) is 123 cm³/mol. The second-order valence-corrected chi connectivity index (χ2v) is 18.4. The summed E-state index contributed by atoms with van der Waals surface area (Å²) in [5.41, 5.74) is 0. The van der Waals surface area contributed by atoms with Crippen LogP contribution in [0.3, 0.4) is 0 Å². The van der Waals surface area contributed by atoms with Crippen LogP contribution in [0.5, 0.6) is 0 Å². The number of carbonyl (C=O) groups excluding carboxylic acids is 1. The van der Waals surface area contributed by atoms with Crippen LogP contribution in [0.2, 0.25) is 19.6 Å². The summed E-state index contributed by atoms with van der Waals surface area (Å²) >= 11 is 1.88. The van der Waals surface area contributed by atoms with E-state index in [9.17, 15) is 4.79 Å². The van der Waals surface area contributed by atoms with E-state index in [2.05, 4.69) is 84.4 Å². The molecular weight excluding hydrogens is 379 g/mol. The van der Waals surface area contributed by atoms with Gasteiger partial charge in [0.05, 0.1) is 14.7 Å². The third-order valence-corrected chi connectivity index (χ3v) is 14.4. The average molecular weight is 423 g/mol. The van der Waals surface area contributed by atoms with Gasteiger partial charge < -0.3 is 4.74 Å². The van der Waals surface area contributed by atoms with Crippen LogP contribution in [0.1, 0.15) is 62.3 Å². The Morgan fingerprint density at radius 2 is 1.23 bits per heavy atom. The van der Waals surface area contributed by atoms with Gasteiger partial charge in [0.25, 0.3) is 0 Å². The first-order valence-electron chi connectivity index (χ1n) is 9.95. The summed E-state index contributed by atoms with van der Waals surface area (Å²) in [5, 5.41) is 0. The molecule has 0 radical (unpaired) electrons. The lowest BCUT2D eigenvalue weighted by atomic mass is 10.3. The zero-order valence-corrected chi connectivity index (χ0v) is 21.9. The Labute approximate surface area is 169 Å². The van der Waals surface area contributed by atoms with E-state index in [0.29, 0.717) is 30.8 Å². The highest BCUT2D eigenvalue weighted by Gasteiger charge is 2.42. The van der Waals surface area contributed by atoms with Crippen molar-refractivity contribution in [3.63, 3.8) is 0 Å². The molecule has 0 aromatic rings. The maximum Gasteiger partial charge on any atom is 0.316 e. The van der Waals surface area contributed by atoms with Gasteiger partial charge in [-0.15, -0.1) is 0 Å². The summed E-state index contributed by atoms with van der Waals surface area (Å²) in [7, 11) is -2.40. The zero-order valence-electron chi connectivity index (χ0n) is 19.2. The van der Waals surface area contributed by atoms with Crippen LogP contribution in [0, 0.1) is 0 Å². The van der Waals surface area contributed by atoms with Crippen LogP contribution in [-0.2, 0) is 9.53 Å². The van der Waals surface area contributed by atoms with E-state index in [1.54, 1.807) is 0 Å². The first kappa shape index (κ1) is 26.4. The molecule has 0 aromatic carbocycles. The van der Waals surface area contributed by atoms with Gasteiger partial charge in [-0.2, -0.15) is 0 Å². The Hall–Kier alpha value is 0.387. The molecule has 0 heterocycles. The minimum absolute atomic E-state index is 0.0240. The third-order valence-electron chi connectivity index (χ3n) is 4.00. The molecule has 0 N–H and O–H groups in total. The number of hydrogen-bond acceptors (Lipinski definition) is 5. The molecule has 0 amide bonds. The number of rotatable bonds is 11. The fraction of sp³-hybridized carbons (Fsp3) is 0.947. The van der Waals surface area contributed by atoms with Gasteiger partial charge in [0, 0.05) is 24.2 Å². The van der Waals surface area contributed by atoms with Crippen LogP contribution in [0.25, 0.3) is 0 Å². The van der Waals surface area contributed by atoms with Crippen LogP contribution in [0.4, 0.5) is 0 Å². The number of esters is 1. The Bertz CT molecular complexity index is 392. The molecule has 1 unspecified atom stereocenters. The zero-order chi connectivity index (χ0) is 20.8. The summed E-state index contributed by atoms with van der Waals surface area (Å²) < 4.78 is 10.7. The molecular formula is C19H43N2O2PSSi. The number of hydrogen-bond donors (Lipinski definition) is 0. The summed E-state index contributed by atoms with van der Waals surface area (Å²) in [6.45, 7) is 27.3. The standard InChI is InChI=1S/C19H43N2O2PSSi/c1-13-23-18(22)19(26(10,11)12)25-24(20(14(2)3)15(4)5)21(16(6)7)17(8)9/h14-17,19H,13H2,1-12H3. The molecule has 1 atom stereocenters. The molecule has 0 saturated carbocycles. The van der Waals surface area contributed by atoms with Gasteiger partial charge in [0.2, 0.25) is 0 Å². The molecule has 0 fully saturated rings. The lowest BCUT2D eigenvalue weighted by Gasteiger charge is -2.48. The molecule has 156 valence electrons. The highest BCUT2D eigenvalue weighted by molar-refractivity contribution is 8.55. The first-order valence-corrected chi connectivity index (χ1v) is 16.3. The molecule has 0 saturated heterocycles. The lowest BCUT2D eigenvalue weighted by molar-refractivity contribution is -0.140. The largest absolute Gasteiger partial charge is 0.465 e. The van der Waals surface area contributed by atoms with Gasteiger partial charge in [0.15, 0.2) is 0 Å². The molecule has 0 rings (SSSR count). The van der Waals surface area contributed by atoms with E-state index in [1.165, 1.54) is 0 Å². The molecule has 7 heteroatoms.